The average molecular weight is 264 g/mol. The molecule has 0 unspecified atom stereocenters. The SMILES string of the molecule is [2H]C1=C[C@@H]2CCN(S(=O)(=O)c3ccc(C)cc3)[C@@H]2C1. The molecular weight excluding hydrogens is 246 g/mol. The van der Waals surface area contributed by atoms with E-state index in [4.69, 9.17) is 1.37 Å². The topological polar surface area (TPSA) is 37.4 Å². The summed E-state index contributed by atoms with van der Waals surface area (Å²) in [4.78, 5) is 0.359. The summed E-state index contributed by atoms with van der Waals surface area (Å²) in [6, 6.07) is 7.51. The molecule has 0 bridgehead atoms. The van der Waals surface area contributed by atoms with E-state index in [0.717, 1.165) is 12.0 Å². The van der Waals surface area contributed by atoms with Crippen molar-refractivity contribution in [3.63, 3.8) is 0 Å². The fourth-order valence-electron chi connectivity index (χ4n) is 2.78. The van der Waals surface area contributed by atoms with Crippen LogP contribution in [0.5, 0.6) is 0 Å². The largest absolute Gasteiger partial charge is 0.243 e. The summed E-state index contributed by atoms with van der Waals surface area (Å²) < 4.78 is 34.6. The maximum atomic E-state index is 12.6. The molecule has 2 aliphatic rings. The van der Waals surface area contributed by atoms with Gasteiger partial charge in [0, 0.05) is 12.6 Å². The summed E-state index contributed by atoms with van der Waals surface area (Å²) in [6.45, 7) is 2.50. The molecule has 1 aliphatic carbocycles. The minimum atomic E-state index is -3.42. The van der Waals surface area contributed by atoms with Gasteiger partial charge in [-0.1, -0.05) is 29.8 Å². The molecule has 0 amide bonds. The Bertz CT molecular complexity index is 621. The van der Waals surface area contributed by atoms with Crippen molar-refractivity contribution >= 4 is 10.0 Å². The third kappa shape index (κ3) is 1.80. The highest BCUT2D eigenvalue weighted by molar-refractivity contribution is 7.89. The normalized spacial score (nSPS) is 28.9. The Morgan fingerprint density at radius 3 is 2.78 bits per heavy atom. The lowest BCUT2D eigenvalue weighted by atomic mass is 10.1. The van der Waals surface area contributed by atoms with Gasteiger partial charge in [0.15, 0.2) is 0 Å². The lowest BCUT2D eigenvalue weighted by Gasteiger charge is -2.23. The van der Waals surface area contributed by atoms with Crippen molar-refractivity contribution in [2.45, 2.75) is 30.7 Å². The molecule has 1 aliphatic heterocycles. The second kappa shape index (κ2) is 4.21. The number of hydrogen-bond acceptors (Lipinski definition) is 2. The van der Waals surface area contributed by atoms with Gasteiger partial charge < -0.3 is 0 Å². The Labute approximate surface area is 110 Å². The third-order valence-corrected chi connectivity index (χ3v) is 5.77. The van der Waals surface area contributed by atoms with E-state index in [1.807, 2.05) is 25.1 Å². The minimum absolute atomic E-state index is 0.0428. The van der Waals surface area contributed by atoms with Crippen molar-refractivity contribution < 1.29 is 9.79 Å². The van der Waals surface area contributed by atoms with Crippen LogP contribution in [0.2, 0.25) is 0 Å². The first-order chi connectivity index (χ1) is 8.98. The van der Waals surface area contributed by atoms with Gasteiger partial charge in [0.2, 0.25) is 10.0 Å². The van der Waals surface area contributed by atoms with Crippen LogP contribution in [0.1, 0.15) is 19.8 Å². The second-order valence-corrected chi connectivity index (χ2v) is 6.91. The van der Waals surface area contributed by atoms with Crippen molar-refractivity contribution in [1.29, 1.82) is 0 Å². The van der Waals surface area contributed by atoms with Gasteiger partial charge in [-0.3, -0.25) is 0 Å². The fraction of sp³-hybridized carbons (Fsp3) is 0.429. The zero-order valence-electron chi connectivity index (χ0n) is 11.3. The molecule has 4 heteroatoms. The summed E-state index contributed by atoms with van der Waals surface area (Å²) in [5.74, 6) is 0.229. The highest BCUT2D eigenvalue weighted by Crippen LogP contribution is 2.36. The molecule has 18 heavy (non-hydrogen) atoms. The molecule has 3 rings (SSSR count). The molecule has 96 valence electrons. The quantitative estimate of drug-likeness (QED) is 0.769. The highest BCUT2D eigenvalue weighted by Gasteiger charge is 2.41. The first kappa shape index (κ1) is 10.8. The molecule has 1 saturated heterocycles. The van der Waals surface area contributed by atoms with Crippen molar-refractivity contribution in [2.75, 3.05) is 6.54 Å². The van der Waals surface area contributed by atoms with E-state index >= 15 is 0 Å². The molecule has 0 radical (unpaired) electrons. The van der Waals surface area contributed by atoms with Crippen molar-refractivity contribution in [1.82, 2.24) is 4.31 Å². The predicted molar refractivity (Wildman–Crippen MR) is 70.7 cm³/mol. The maximum Gasteiger partial charge on any atom is 0.243 e. The Kier molecular flexibility index (Phi) is 2.52. The molecule has 1 fully saturated rings. The minimum Gasteiger partial charge on any atom is -0.207 e. The van der Waals surface area contributed by atoms with Crippen LogP contribution < -0.4 is 0 Å². The van der Waals surface area contributed by atoms with Gasteiger partial charge in [-0.2, -0.15) is 4.31 Å². The van der Waals surface area contributed by atoms with Crippen molar-refractivity contribution in [2.24, 2.45) is 5.92 Å². The number of fused-ring (bicyclic) bond motifs is 1. The molecule has 1 aromatic rings. The first-order valence-electron chi connectivity index (χ1n) is 6.74. The third-order valence-electron chi connectivity index (χ3n) is 3.83. The van der Waals surface area contributed by atoms with Crippen LogP contribution in [-0.4, -0.2) is 25.3 Å². The van der Waals surface area contributed by atoms with Crippen LogP contribution in [-0.2, 0) is 10.0 Å². The molecule has 0 saturated carbocycles. The molecule has 0 spiro atoms. The van der Waals surface area contributed by atoms with E-state index in [9.17, 15) is 8.42 Å². The summed E-state index contributed by atoms with van der Waals surface area (Å²) in [7, 11) is -3.42. The summed E-state index contributed by atoms with van der Waals surface area (Å²) in [6.07, 6.45) is 3.29. The lowest BCUT2D eigenvalue weighted by molar-refractivity contribution is 0.376. The van der Waals surface area contributed by atoms with Gasteiger partial charge in [0.25, 0.3) is 0 Å². The van der Waals surface area contributed by atoms with Gasteiger partial charge in [0.1, 0.15) is 0 Å². The van der Waals surface area contributed by atoms with Crippen LogP contribution in [0.15, 0.2) is 41.3 Å². The van der Waals surface area contributed by atoms with Gasteiger partial charge >= 0.3 is 0 Å². The summed E-state index contributed by atoms with van der Waals surface area (Å²) in [5, 5.41) is 0. The Morgan fingerprint density at radius 2 is 2.06 bits per heavy atom. The van der Waals surface area contributed by atoms with E-state index in [0.29, 0.717) is 23.9 Å². The monoisotopic (exact) mass is 264 g/mol. The lowest BCUT2D eigenvalue weighted by Crippen LogP contribution is -2.36. The maximum absolute atomic E-state index is 12.6. The molecule has 2 atom stereocenters. The van der Waals surface area contributed by atoms with Crippen LogP contribution in [0.4, 0.5) is 0 Å². The predicted octanol–water partition coefficient (Wildman–Crippen LogP) is 2.33. The van der Waals surface area contributed by atoms with Crippen LogP contribution in [0.25, 0.3) is 0 Å². The van der Waals surface area contributed by atoms with Crippen LogP contribution in [0, 0.1) is 12.8 Å². The van der Waals surface area contributed by atoms with E-state index in [-0.39, 0.29) is 12.0 Å². The van der Waals surface area contributed by atoms with E-state index in [2.05, 4.69) is 0 Å². The fourth-order valence-corrected chi connectivity index (χ4v) is 4.46. The van der Waals surface area contributed by atoms with Crippen LogP contribution >= 0.6 is 0 Å². The summed E-state index contributed by atoms with van der Waals surface area (Å²) >= 11 is 0. The number of nitrogens with zero attached hydrogens (tertiary/aromatic N) is 1. The number of sulfonamides is 1. The molecule has 0 N–H and O–H groups in total. The molecular formula is C14H17NO2S. The smallest absolute Gasteiger partial charge is 0.207 e. The van der Waals surface area contributed by atoms with Crippen LogP contribution in [0.3, 0.4) is 0 Å². The van der Waals surface area contributed by atoms with Gasteiger partial charge in [-0.05, 0) is 37.8 Å². The van der Waals surface area contributed by atoms with Gasteiger partial charge in [-0.25, -0.2) is 8.42 Å². The molecule has 0 aromatic heterocycles. The molecule has 1 heterocycles. The van der Waals surface area contributed by atoms with Crippen molar-refractivity contribution in [3.05, 3.63) is 42.0 Å². The molecule has 3 nitrogen and oxygen atoms in total. The Balaban J connectivity index is 1.92. The number of hydrogen-bond donors (Lipinski definition) is 0. The van der Waals surface area contributed by atoms with E-state index in [1.165, 1.54) is 0 Å². The average Bonchev–Trinajstić information content (AvgIpc) is 2.88. The Hall–Kier alpha value is -1.13. The number of rotatable bonds is 2. The van der Waals surface area contributed by atoms with Gasteiger partial charge in [0.05, 0.1) is 6.27 Å². The Morgan fingerprint density at radius 1 is 1.33 bits per heavy atom. The number of benzene rings is 1. The van der Waals surface area contributed by atoms with Gasteiger partial charge in [-0.15, -0.1) is 0 Å². The number of aryl methyl sites for hydroxylation is 1. The van der Waals surface area contributed by atoms with E-state index < -0.39 is 10.0 Å². The first-order valence-corrected chi connectivity index (χ1v) is 7.68. The molecule has 1 aromatic carbocycles. The summed E-state index contributed by atoms with van der Waals surface area (Å²) in [5.41, 5.74) is 1.05. The highest BCUT2D eigenvalue weighted by atomic mass is 32.2. The standard InChI is InChI=1S/C14H17NO2S/c1-11-5-7-13(8-6-11)18(16,17)15-10-9-12-3-2-4-14(12)15/h2-3,5-8,12,14H,4,9-10H2,1H3/t12-,14-/m1/s1/i2D. The van der Waals surface area contributed by atoms with Crippen molar-refractivity contribution in [3.8, 4) is 0 Å². The van der Waals surface area contributed by atoms with E-state index in [1.54, 1.807) is 16.4 Å². The zero-order valence-corrected chi connectivity index (χ0v) is 11.2. The zero-order chi connectivity index (χ0) is 13.6. The second-order valence-electron chi connectivity index (χ2n) is 5.02.